The maximum atomic E-state index is 13.6. The van der Waals surface area contributed by atoms with E-state index in [4.69, 9.17) is 11.6 Å². The Morgan fingerprint density at radius 1 is 1.12 bits per heavy atom. The molecular formula is C21H18ClF3N4O3S. The minimum atomic E-state index is -1.71. The van der Waals surface area contributed by atoms with Crippen molar-refractivity contribution in [2.75, 3.05) is 17.6 Å². The fraction of sp³-hybridized carbons (Fsp3) is 0.238. The molecule has 2 N–H and O–H groups in total. The first kappa shape index (κ1) is 24.6. The Hall–Kier alpha value is -3.05. The Morgan fingerprint density at radius 3 is 2.61 bits per heavy atom. The van der Waals surface area contributed by atoms with Crippen LogP contribution in [0.3, 0.4) is 0 Å². The molecule has 0 fully saturated rings. The number of thioether (sulfide) groups is 1. The second-order valence-electron chi connectivity index (χ2n) is 6.85. The summed E-state index contributed by atoms with van der Waals surface area (Å²) < 4.78 is 41.3. The largest absolute Gasteiger partial charge is 0.346 e. The fourth-order valence-electron chi connectivity index (χ4n) is 2.88. The predicted octanol–water partition coefficient (Wildman–Crippen LogP) is 3.72. The van der Waals surface area contributed by atoms with Crippen LogP contribution in [0.25, 0.3) is 10.9 Å². The smallest absolute Gasteiger partial charge is 0.262 e. The zero-order chi connectivity index (χ0) is 24.1. The quantitative estimate of drug-likeness (QED) is 0.280. The van der Waals surface area contributed by atoms with Crippen LogP contribution in [0.15, 0.2) is 40.3 Å². The zero-order valence-electron chi connectivity index (χ0n) is 17.3. The lowest BCUT2D eigenvalue weighted by molar-refractivity contribution is -0.122. The molecule has 0 aliphatic heterocycles. The lowest BCUT2D eigenvalue weighted by Crippen LogP contribution is -2.34. The first-order valence-corrected chi connectivity index (χ1v) is 11.1. The number of carbonyl (C=O) groups excluding carboxylic acids is 2. The van der Waals surface area contributed by atoms with Crippen molar-refractivity contribution >= 4 is 51.8 Å². The van der Waals surface area contributed by atoms with Crippen LogP contribution in [0.1, 0.15) is 13.3 Å². The van der Waals surface area contributed by atoms with Crippen molar-refractivity contribution in [3.05, 3.63) is 63.2 Å². The van der Waals surface area contributed by atoms with Crippen LogP contribution in [-0.4, -0.2) is 33.7 Å². The molecule has 0 saturated carbocycles. The summed E-state index contributed by atoms with van der Waals surface area (Å²) in [6.07, 6.45) is 0.668. The molecule has 3 aromatic rings. The number of benzene rings is 2. The molecule has 0 spiro atoms. The first-order valence-electron chi connectivity index (χ1n) is 9.74. The van der Waals surface area contributed by atoms with E-state index in [2.05, 4.69) is 15.6 Å². The number of nitrogens with one attached hydrogen (secondary N) is 2. The molecule has 33 heavy (non-hydrogen) atoms. The molecule has 7 nitrogen and oxygen atoms in total. The third-order valence-electron chi connectivity index (χ3n) is 4.42. The molecule has 0 saturated heterocycles. The maximum Gasteiger partial charge on any atom is 0.262 e. The summed E-state index contributed by atoms with van der Waals surface area (Å²) in [7, 11) is 0. The van der Waals surface area contributed by atoms with E-state index in [1.807, 2.05) is 6.92 Å². The molecule has 1 heterocycles. The number of hydrogen-bond acceptors (Lipinski definition) is 5. The van der Waals surface area contributed by atoms with Crippen molar-refractivity contribution in [3.63, 3.8) is 0 Å². The van der Waals surface area contributed by atoms with Crippen LogP contribution in [0.2, 0.25) is 5.02 Å². The second-order valence-corrected chi connectivity index (χ2v) is 8.23. The number of amides is 2. The van der Waals surface area contributed by atoms with Gasteiger partial charge in [0, 0.05) is 11.6 Å². The van der Waals surface area contributed by atoms with Crippen molar-refractivity contribution < 1.29 is 22.8 Å². The molecule has 1 aromatic heterocycles. The van der Waals surface area contributed by atoms with Crippen molar-refractivity contribution in [1.82, 2.24) is 14.9 Å². The summed E-state index contributed by atoms with van der Waals surface area (Å²) >= 11 is 6.99. The minimum absolute atomic E-state index is 0.158. The van der Waals surface area contributed by atoms with Crippen molar-refractivity contribution in [2.45, 2.75) is 25.0 Å². The highest BCUT2D eigenvalue weighted by Crippen LogP contribution is 2.21. The molecule has 0 atom stereocenters. The zero-order valence-corrected chi connectivity index (χ0v) is 18.8. The second kappa shape index (κ2) is 10.7. The number of fused-ring (bicyclic) bond motifs is 1. The summed E-state index contributed by atoms with van der Waals surface area (Å²) in [4.78, 5) is 41.3. The van der Waals surface area contributed by atoms with E-state index in [9.17, 15) is 27.6 Å². The summed E-state index contributed by atoms with van der Waals surface area (Å²) in [5.74, 6) is -6.18. The monoisotopic (exact) mass is 498 g/mol. The Labute approximate surface area is 195 Å². The van der Waals surface area contributed by atoms with E-state index >= 15 is 0 Å². The van der Waals surface area contributed by atoms with Gasteiger partial charge in [0.25, 0.3) is 5.56 Å². The van der Waals surface area contributed by atoms with Gasteiger partial charge < -0.3 is 10.6 Å². The third kappa shape index (κ3) is 5.85. The first-order chi connectivity index (χ1) is 15.7. The Kier molecular flexibility index (Phi) is 7.98. The molecule has 0 aliphatic rings. The van der Waals surface area contributed by atoms with Crippen LogP contribution in [0, 0.1) is 17.5 Å². The lowest BCUT2D eigenvalue weighted by atomic mass is 10.2. The van der Waals surface area contributed by atoms with Gasteiger partial charge in [0.1, 0.15) is 0 Å². The average Bonchev–Trinajstić information content (AvgIpc) is 2.78. The summed E-state index contributed by atoms with van der Waals surface area (Å²) in [5.41, 5.74) is -0.407. The van der Waals surface area contributed by atoms with Gasteiger partial charge in [0.15, 0.2) is 22.6 Å². The van der Waals surface area contributed by atoms with Gasteiger partial charge in [0.05, 0.1) is 28.9 Å². The molecule has 12 heteroatoms. The average molecular weight is 499 g/mol. The van der Waals surface area contributed by atoms with Gasteiger partial charge in [-0.2, -0.15) is 0 Å². The van der Waals surface area contributed by atoms with Crippen molar-refractivity contribution in [3.8, 4) is 0 Å². The summed E-state index contributed by atoms with van der Waals surface area (Å²) in [6, 6.07) is 6.28. The van der Waals surface area contributed by atoms with E-state index < -0.39 is 41.5 Å². The maximum absolute atomic E-state index is 13.6. The molecule has 174 valence electrons. The number of aromatic nitrogens is 2. The SMILES string of the molecule is CCCn1c(SCC(=O)NCC(=O)Nc2ccc(F)c(F)c2F)nc2cc(Cl)ccc2c1=O. The standard InChI is InChI=1S/C21H18ClF3N4O3S/c1-2-7-29-20(32)12-4-3-11(22)8-15(12)28-21(29)33-10-17(31)26-9-16(30)27-14-6-5-13(23)18(24)19(14)25/h3-6,8H,2,7,9-10H2,1H3,(H,26,31)(H,27,30). The predicted molar refractivity (Wildman–Crippen MR) is 120 cm³/mol. The molecule has 2 amide bonds. The van der Waals surface area contributed by atoms with E-state index in [1.165, 1.54) is 4.57 Å². The van der Waals surface area contributed by atoms with E-state index in [1.54, 1.807) is 18.2 Å². The van der Waals surface area contributed by atoms with Crippen LogP contribution < -0.4 is 16.2 Å². The summed E-state index contributed by atoms with van der Waals surface area (Å²) in [5, 5.41) is 5.53. The van der Waals surface area contributed by atoms with Crippen LogP contribution in [-0.2, 0) is 16.1 Å². The molecular weight excluding hydrogens is 481 g/mol. The number of anilines is 1. The van der Waals surface area contributed by atoms with Gasteiger partial charge in [-0.05, 0) is 36.8 Å². The van der Waals surface area contributed by atoms with Crippen molar-refractivity contribution in [1.29, 1.82) is 0 Å². The lowest BCUT2D eigenvalue weighted by Gasteiger charge is -2.12. The topological polar surface area (TPSA) is 93.1 Å². The number of halogens is 4. The number of carbonyl (C=O) groups is 2. The normalized spacial score (nSPS) is 10.9. The van der Waals surface area contributed by atoms with Gasteiger partial charge in [-0.15, -0.1) is 0 Å². The molecule has 0 bridgehead atoms. The Balaban J connectivity index is 1.63. The highest BCUT2D eigenvalue weighted by molar-refractivity contribution is 7.99. The fourth-order valence-corrected chi connectivity index (χ4v) is 3.90. The van der Waals surface area contributed by atoms with Gasteiger partial charge in [-0.25, -0.2) is 18.2 Å². The molecule has 2 aromatic carbocycles. The van der Waals surface area contributed by atoms with Gasteiger partial charge >= 0.3 is 0 Å². The molecule has 0 aliphatic carbocycles. The van der Waals surface area contributed by atoms with Gasteiger partial charge in [-0.3, -0.25) is 19.0 Å². The molecule has 0 unspecified atom stereocenters. The van der Waals surface area contributed by atoms with Gasteiger partial charge in [0.2, 0.25) is 11.8 Å². The van der Waals surface area contributed by atoms with Crippen LogP contribution >= 0.6 is 23.4 Å². The number of hydrogen-bond donors (Lipinski definition) is 2. The molecule has 0 radical (unpaired) electrons. The van der Waals surface area contributed by atoms with Gasteiger partial charge in [-0.1, -0.05) is 30.3 Å². The summed E-state index contributed by atoms with van der Waals surface area (Å²) in [6.45, 7) is 1.77. The van der Waals surface area contributed by atoms with E-state index in [0.717, 1.165) is 17.8 Å². The van der Waals surface area contributed by atoms with Crippen LogP contribution in [0.5, 0.6) is 0 Å². The highest BCUT2D eigenvalue weighted by Gasteiger charge is 2.17. The molecule has 3 rings (SSSR count). The number of rotatable bonds is 8. The van der Waals surface area contributed by atoms with Crippen LogP contribution in [0.4, 0.5) is 18.9 Å². The van der Waals surface area contributed by atoms with E-state index in [0.29, 0.717) is 40.1 Å². The van der Waals surface area contributed by atoms with Crippen molar-refractivity contribution in [2.24, 2.45) is 0 Å². The Morgan fingerprint density at radius 2 is 1.88 bits per heavy atom. The third-order valence-corrected chi connectivity index (χ3v) is 5.63. The minimum Gasteiger partial charge on any atom is -0.346 e. The van der Waals surface area contributed by atoms with E-state index in [-0.39, 0.29) is 11.3 Å². The number of nitrogens with zero attached hydrogens (tertiary/aromatic N) is 2. The highest BCUT2D eigenvalue weighted by atomic mass is 35.5. The Bertz CT molecular complexity index is 1290.